The molecule has 0 amide bonds. The number of hydrogen-bond acceptors (Lipinski definition) is 2. The Bertz CT molecular complexity index is 1420. The summed E-state index contributed by atoms with van der Waals surface area (Å²) < 4.78 is 0. The fourth-order valence-corrected chi connectivity index (χ4v) is 4.77. The monoisotopic (exact) mass is 398 g/mol. The van der Waals surface area contributed by atoms with E-state index in [1.165, 1.54) is 44.2 Å². The Hall–Kier alpha value is -3.66. The summed E-state index contributed by atoms with van der Waals surface area (Å²) in [4.78, 5) is 0. The van der Waals surface area contributed by atoms with E-state index in [1.807, 2.05) is 12.1 Å². The fourth-order valence-electron chi connectivity index (χ4n) is 4.77. The second-order valence-electron chi connectivity index (χ2n) is 8.01. The van der Waals surface area contributed by atoms with Gasteiger partial charge in [-0.15, -0.1) is 0 Å². The third-order valence-electron chi connectivity index (χ3n) is 6.26. The first kappa shape index (κ1) is 18.1. The molecule has 0 radical (unpaired) electrons. The van der Waals surface area contributed by atoms with Crippen molar-refractivity contribution in [3.05, 3.63) is 103 Å². The lowest BCUT2D eigenvalue weighted by molar-refractivity contribution is 0.426. The van der Waals surface area contributed by atoms with Crippen LogP contribution in [-0.4, -0.2) is 17.2 Å². The van der Waals surface area contributed by atoms with E-state index in [1.54, 1.807) is 12.1 Å². The van der Waals surface area contributed by atoms with E-state index in [2.05, 4.69) is 78.9 Å². The molecule has 0 spiro atoms. The van der Waals surface area contributed by atoms with Crippen molar-refractivity contribution in [3.63, 3.8) is 0 Å². The van der Waals surface area contributed by atoms with Crippen LogP contribution < -0.4 is 5.46 Å². The summed E-state index contributed by atoms with van der Waals surface area (Å²) in [6.07, 6.45) is 0. The van der Waals surface area contributed by atoms with E-state index in [-0.39, 0.29) is 0 Å². The van der Waals surface area contributed by atoms with Gasteiger partial charge < -0.3 is 10.0 Å². The third-order valence-corrected chi connectivity index (χ3v) is 6.26. The molecule has 6 rings (SSSR count). The van der Waals surface area contributed by atoms with Crippen molar-refractivity contribution >= 4 is 23.4 Å². The average molecular weight is 398 g/mol. The molecule has 0 heterocycles. The topological polar surface area (TPSA) is 40.5 Å². The summed E-state index contributed by atoms with van der Waals surface area (Å²) in [5, 5.41) is 21.3. The molecule has 0 bridgehead atoms. The van der Waals surface area contributed by atoms with Crippen molar-refractivity contribution in [3.8, 4) is 44.5 Å². The van der Waals surface area contributed by atoms with Gasteiger partial charge in [0.1, 0.15) is 0 Å². The van der Waals surface area contributed by atoms with Gasteiger partial charge in [-0.1, -0.05) is 97.1 Å². The van der Waals surface area contributed by atoms with Crippen LogP contribution in [0.5, 0.6) is 0 Å². The molecular weight excluding hydrogens is 379 g/mol. The van der Waals surface area contributed by atoms with E-state index >= 15 is 0 Å². The zero-order valence-electron chi connectivity index (χ0n) is 16.8. The number of hydrogen-bond donors (Lipinski definition) is 2. The van der Waals surface area contributed by atoms with E-state index < -0.39 is 7.12 Å². The molecule has 1 aliphatic carbocycles. The van der Waals surface area contributed by atoms with Gasteiger partial charge in [0.2, 0.25) is 0 Å². The second-order valence-corrected chi connectivity index (χ2v) is 8.01. The fraction of sp³-hybridized carbons (Fsp3) is 0. The normalized spacial score (nSPS) is 11.5. The van der Waals surface area contributed by atoms with Crippen LogP contribution in [0.4, 0.5) is 0 Å². The smallest absolute Gasteiger partial charge is 0.423 e. The van der Waals surface area contributed by atoms with Crippen LogP contribution in [0.25, 0.3) is 55.3 Å². The minimum Gasteiger partial charge on any atom is -0.423 e. The van der Waals surface area contributed by atoms with Crippen molar-refractivity contribution in [2.75, 3.05) is 0 Å². The van der Waals surface area contributed by atoms with Gasteiger partial charge in [-0.3, -0.25) is 0 Å². The first-order valence-corrected chi connectivity index (χ1v) is 10.4. The highest BCUT2D eigenvalue weighted by molar-refractivity contribution is 6.58. The first-order chi connectivity index (χ1) is 15.2. The summed E-state index contributed by atoms with van der Waals surface area (Å²) >= 11 is 0. The highest BCUT2D eigenvalue weighted by Crippen LogP contribution is 2.49. The quantitative estimate of drug-likeness (QED) is 0.387. The van der Waals surface area contributed by atoms with Crippen molar-refractivity contribution in [2.24, 2.45) is 0 Å². The zero-order chi connectivity index (χ0) is 20.9. The van der Waals surface area contributed by atoms with Crippen LogP contribution >= 0.6 is 0 Å². The molecular formula is C28H19BO2. The Morgan fingerprint density at radius 1 is 0.452 bits per heavy atom. The molecule has 3 heteroatoms. The van der Waals surface area contributed by atoms with Gasteiger partial charge in [0.15, 0.2) is 0 Å². The molecule has 31 heavy (non-hydrogen) atoms. The van der Waals surface area contributed by atoms with E-state index in [0.717, 1.165) is 11.1 Å². The Labute approximate surface area is 181 Å². The summed E-state index contributed by atoms with van der Waals surface area (Å²) in [5.74, 6) is 0. The molecule has 0 atom stereocenters. The molecule has 0 saturated heterocycles. The Morgan fingerprint density at radius 3 is 1.81 bits per heavy atom. The highest BCUT2D eigenvalue weighted by atomic mass is 16.4. The highest BCUT2D eigenvalue weighted by Gasteiger charge is 2.22. The molecule has 0 unspecified atom stereocenters. The van der Waals surface area contributed by atoms with Crippen LogP contribution in [0.3, 0.4) is 0 Å². The minimum absolute atomic E-state index is 0.493. The van der Waals surface area contributed by atoms with Crippen LogP contribution in [0.15, 0.2) is 103 Å². The Balaban J connectivity index is 1.50. The van der Waals surface area contributed by atoms with E-state index in [0.29, 0.717) is 5.46 Å². The van der Waals surface area contributed by atoms with Gasteiger partial charge in [-0.25, -0.2) is 0 Å². The summed E-state index contributed by atoms with van der Waals surface area (Å²) in [5.41, 5.74) is 10.2. The van der Waals surface area contributed by atoms with Crippen LogP contribution in [-0.2, 0) is 0 Å². The molecule has 0 aliphatic heterocycles. The minimum atomic E-state index is -1.45. The zero-order valence-corrected chi connectivity index (χ0v) is 16.8. The van der Waals surface area contributed by atoms with Crippen molar-refractivity contribution in [1.29, 1.82) is 0 Å². The molecule has 146 valence electrons. The standard InChI is InChI=1S/C28H19BO2/c30-29(31)21-13-11-18(12-14-21)19-5-3-6-20(17-19)22-15-16-27-24-8-2-1-7-23(24)26-10-4-9-25(22)28(26)27/h1-17,30-31H. The van der Waals surface area contributed by atoms with Crippen LogP contribution in [0.1, 0.15) is 0 Å². The van der Waals surface area contributed by atoms with Crippen molar-refractivity contribution in [1.82, 2.24) is 0 Å². The molecule has 1 aliphatic rings. The first-order valence-electron chi connectivity index (χ1n) is 10.4. The third kappa shape index (κ3) is 2.82. The predicted octanol–water partition coefficient (Wildman–Crippen LogP) is 5.50. The summed E-state index contributed by atoms with van der Waals surface area (Å²) in [6.45, 7) is 0. The molecule has 0 aromatic heterocycles. The lowest BCUT2D eigenvalue weighted by Crippen LogP contribution is -2.29. The van der Waals surface area contributed by atoms with E-state index in [4.69, 9.17) is 0 Å². The van der Waals surface area contributed by atoms with Gasteiger partial charge in [0.05, 0.1) is 0 Å². The van der Waals surface area contributed by atoms with Crippen molar-refractivity contribution < 1.29 is 10.0 Å². The molecule has 5 aromatic rings. The van der Waals surface area contributed by atoms with Gasteiger partial charge in [-0.05, 0) is 66.8 Å². The maximum Gasteiger partial charge on any atom is 0.488 e. The van der Waals surface area contributed by atoms with E-state index in [9.17, 15) is 10.0 Å². The lowest BCUT2D eigenvalue weighted by Gasteiger charge is -2.11. The molecule has 5 aromatic carbocycles. The van der Waals surface area contributed by atoms with Crippen LogP contribution in [0, 0.1) is 0 Å². The van der Waals surface area contributed by atoms with Gasteiger partial charge in [0, 0.05) is 0 Å². The number of fused-ring (bicyclic) bond motifs is 3. The van der Waals surface area contributed by atoms with Gasteiger partial charge in [0.25, 0.3) is 0 Å². The Morgan fingerprint density at radius 2 is 1.06 bits per heavy atom. The second kappa shape index (κ2) is 6.95. The molecule has 0 saturated carbocycles. The average Bonchev–Trinajstić information content (AvgIpc) is 3.15. The molecule has 0 fully saturated rings. The maximum absolute atomic E-state index is 9.35. The number of benzene rings is 5. The van der Waals surface area contributed by atoms with Gasteiger partial charge in [-0.2, -0.15) is 0 Å². The van der Waals surface area contributed by atoms with Crippen LogP contribution in [0.2, 0.25) is 0 Å². The SMILES string of the molecule is OB(O)c1ccc(-c2cccc(-c3ccc4c5c(cccc35)-c3ccccc3-4)c2)cc1. The van der Waals surface area contributed by atoms with Crippen molar-refractivity contribution in [2.45, 2.75) is 0 Å². The maximum atomic E-state index is 9.35. The lowest BCUT2D eigenvalue weighted by atomic mass is 9.80. The predicted molar refractivity (Wildman–Crippen MR) is 129 cm³/mol. The summed E-state index contributed by atoms with van der Waals surface area (Å²) in [7, 11) is -1.45. The summed E-state index contributed by atoms with van der Waals surface area (Å²) in [6, 6.07) is 35.6. The molecule has 2 nitrogen and oxygen atoms in total. The Kier molecular flexibility index (Phi) is 4.07. The largest absolute Gasteiger partial charge is 0.488 e. The van der Waals surface area contributed by atoms with Gasteiger partial charge >= 0.3 is 7.12 Å². The molecule has 2 N–H and O–H groups in total. The number of rotatable bonds is 3.